The van der Waals surface area contributed by atoms with E-state index in [-0.39, 0.29) is 5.82 Å². The van der Waals surface area contributed by atoms with Gasteiger partial charge in [0, 0.05) is 29.9 Å². The number of thiophene rings is 1. The summed E-state index contributed by atoms with van der Waals surface area (Å²) in [6.07, 6.45) is 1.52. The fourth-order valence-electron chi connectivity index (χ4n) is 3.17. The number of rotatable bonds is 6. The van der Waals surface area contributed by atoms with Gasteiger partial charge in [0.25, 0.3) is 0 Å². The first kappa shape index (κ1) is 17.9. The van der Waals surface area contributed by atoms with Gasteiger partial charge in [0.2, 0.25) is 0 Å². The van der Waals surface area contributed by atoms with Gasteiger partial charge in [-0.2, -0.15) is 21.7 Å². The smallest absolute Gasteiger partial charge is 0.163 e. The molecule has 0 aliphatic heterocycles. The van der Waals surface area contributed by atoms with Crippen LogP contribution in [0, 0.1) is 11.3 Å². The summed E-state index contributed by atoms with van der Waals surface area (Å²) in [5.74, 6) is 1.89. The lowest BCUT2D eigenvalue weighted by molar-refractivity contribution is 0.761. The first-order chi connectivity index (χ1) is 13.7. The fourth-order valence-corrected chi connectivity index (χ4v) is 3.80. The molecule has 0 bridgehead atoms. The van der Waals surface area contributed by atoms with E-state index in [2.05, 4.69) is 26.5 Å². The van der Waals surface area contributed by atoms with Crippen LogP contribution in [0.25, 0.3) is 22.3 Å². The number of nitriles is 1. The van der Waals surface area contributed by atoms with Gasteiger partial charge in [0.05, 0.1) is 11.2 Å². The third-order valence-corrected chi connectivity index (χ3v) is 5.31. The second kappa shape index (κ2) is 7.66. The molecule has 0 aliphatic carbocycles. The molecular weight excluding hydrogens is 370 g/mol. The van der Waals surface area contributed by atoms with E-state index in [9.17, 15) is 5.26 Å². The Morgan fingerprint density at radius 1 is 1.25 bits per heavy atom. The minimum Gasteiger partial charge on any atom is -0.381 e. The second-order valence-corrected chi connectivity index (χ2v) is 7.28. The second-order valence-electron chi connectivity index (χ2n) is 6.50. The van der Waals surface area contributed by atoms with E-state index >= 15 is 0 Å². The highest BCUT2D eigenvalue weighted by atomic mass is 32.1. The van der Waals surface area contributed by atoms with Crippen LogP contribution in [0.5, 0.6) is 0 Å². The van der Waals surface area contributed by atoms with Crippen molar-refractivity contribution < 1.29 is 0 Å². The molecule has 0 spiro atoms. The van der Waals surface area contributed by atoms with Gasteiger partial charge in [-0.25, -0.2) is 9.97 Å². The van der Waals surface area contributed by atoms with Crippen molar-refractivity contribution in [1.82, 2.24) is 20.2 Å². The number of nitrogens with two attached hydrogens (primary N) is 1. The van der Waals surface area contributed by atoms with Gasteiger partial charge in [-0.3, -0.25) is 5.10 Å². The number of aromatic amines is 1. The molecule has 28 heavy (non-hydrogen) atoms. The molecule has 7 nitrogen and oxygen atoms in total. The molecule has 4 rings (SSSR count). The molecule has 3 N–H and O–H groups in total. The van der Waals surface area contributed by atoms with Crippen LogP contribution in [-0.2, 0) is 6.42 Å². The monoisotopic (exact) mass is 389 g/mol. The molecule has 1 aromatic carbocycles. The van der Waals surface area contributed by atoms with Gasteiger partial charge in [-0.1, -0.05) is 12.1 Å². The average Bonchev–Trinajstić information content (AvgIpc) is 3.37. The summed E-state index contributed by atoms with van der Waals surface area (Å²) in [7, 11) is 2.03. The number of nitrogens with one attached hydrogen (secondary N) is 1. The SMILES string of the molecule is CN(CCCc1[nH]nc(N)c1C#N)c1nc(-c2ccsc2)nc2ccccc12. The number of hydrogen-bond acceptors (Lipinski definition) is 7. The van der Waals surface area contributed by atoms with Gasteiger partial charge in [0.15, 0.2) is 11.6 Å². The third kappa shape index (κ3) is 3.40. The van der Waals surface area contributed by atoms with Crippen molar-refractivity contribution in [2.45, 2.75) is 12.8 Å². The predicted octanol–water partition coefficient (Wildman–Crippen LogP) is 3.60. The van der Waals surface area contributed by atoms with Crippen molar-refractivity contribution in [3.8, 4) is 17.5 Å². The Morgan fingerprint density at radius 2 is 2.11 bits per heavy atom. The lowest BCUT2D eigenvalue weighted by Crippen LogP contribution is -2.21. The third-order valence-electron chi connectivity index (χ3n) is 4.63. The van der Waals surface area contributed by atoms with E-state index in [0.29, 0.717) is 12.0 Å². The predicted molar refractivity (Wildman–Crippen MR) is 112 cm³/mol. The van der Waals surface area contributed by atoms with Crippen LogP contribution >= 0.6 is 11.3 Å². The van der Waals surface area contributed by atoms with E-state index in [1.807, 2.05) is 42.8 Å². The molecule has 8 heteroatoms. The standard InChI is InChI=1S/C20H19N7S/c1-27(9-4-7-17-15(11-21)18(22)26-25-17)20-14-5-2-3-6-16(14)23-19(24-20)13-8-10-28-12-13/h2-3,5-6,8,10,12H,4,7,9H2,1H3,(H3,22,25,26). The fraction of sp³-hybridized carbons (Fsp3) is 0.200. The molecular formula is C20H19N7S. The van der Waals surface area contributed by atoms with Crippen LogP contribution in [0.3, 0.4) is 0 Å². The number of anilines is 2. The molecule has 0 radical (unpaired) electrons. The lowest BCUT2D eigenvalue weighted by Gasteiger charge is -2.20. The maximum atomic E-state index is 9.20. The summed E-state index contributed by atoms with van der Waals surface area (Å²) in [4.78, 5) is 11.7. The molecule has 3 heterocycles. The van der Waals surface area contributed by atoms with E-state index in [4.69, 9.17) is 15.7 Å². The molecule has 0 aliphatic rings. The van der Waals surface area contributed by atoms with Crippen LogP contribution in [0.1, 0.15) is 17.7 Å². The first-order valence-electron chi connectivity index (χ1n) is 8.90. The Hall–Kier alpha value is -3.44. The Labute approximate surface area is 166 Å². The number of aryl methyl sites for hydroxylation is 1. The van der Waals surface area contributed by atoms with Crippen molar-refractivity contribution in [2.24, 2.45) is 0 Å². The Balaban J connectivity index is 1.58. The lowest BCUT2D eigenvalue weighted by atomic mass is 10.1. The molecule has 4 aromatic rings. The van der Waals surface area contributed by atoms with Crippen molar-refractivity contribution in [3.05, 3.63) is 52.3 Å². The Bertz CT molecular complexity index is 1140. The number of nitrogen functional groups attached to an aromatic ring is 1. The molecule has 3 aromatic heterocycles. The maximum absolute atomic E-state index is 9.20. The number of H-pyrrole nitrogens is 1. The number of hydrogen-bond donors (Lipinski definition) is 2. The first-order valence-corrected chi connectivity index (χ1v) is 9.85. The molecule has 0 saturated heterocycles. The summed E-state index contributed by atoms with van der Waals surface area (Å²) in [5.41, 5.74) is 8.88. The normalized spacial score (nSPS) is 10.9. The summed E-state index contributed by atoms with van der Waals surface area (Å²) in [6.45, 7) is 0.772. The van der Waals surface area contributed by atoms with Crippen molar-refractivity contribution in [3.63, 3.8) is 0 Å². The van der Waals surface area contributed by atoms with Crippen LogP contribution in [0.15, 0.2) is 41.1 Å². The van der Waals surface area contributed by atoms with Crippen LogP contribution < -0.4 is 10.6 Å². The summed E-state index contributed by atoms with van der Waals surface area (Å²) in [5, 5.41) is 21.1. The minimum absolute atomic E-state index is 0.257. The van der Waals surface area contributed by atoms with E-state index in [0.717, 1.165) is 46.8 Å². The number of fused-ring (bicyclic) bond motifs is 1. The number of benzene rings is 1. The largest absolute Gasteiger partial charge is 0.381 e. The zero-order chi connectivity index (χ0) is 19.5. The van der Waals surface area contributed by atoms with Crippen LogP contribution in [0.2, 0.25) is 0 Å². The highest BCUT2D eigenvalue weighted by Crippen LogP contribution is 2.28. The van der Waals surface area contributed by atoms with Crippen molar-refractivity contribution in [1.29, 1.82) is 5.26 Å². The highest BCUT2D eigenvalue weighted by Gasteiger charge is 2.14. The Morgan fingerprint density at radius 3 is 2.89 bits per heavy atom. The summed E-state index contributed by atoms with van der Waals surface area (Å²) in [6, 6.07) is 12.2. The number of aromatic nitrogens is 4. The zero-order valence-corrected chi connectivity index (χ0v) is 16.2. The van der Waals surface area contributed by atoms with Gasteiger partial charge in [-0.15, -0.1) is 0 Å². The van der Waals surface area contributed by atoms with Crippen LogP contribution in [-0.4, -0.2) is 33.8 Å². The topological polar surface area (TPSA) is 108 Å². The van der Waals surface area contributed by atoms with Crippen LogP contribution in [0.4, 0.5) is 11.6 Å². The van der Waals surface area contributed by atoms with Gasteiger partial charge in [-0.05, 0) is 36.4 Å². The van der Waals surface area contributed by atoms with Gasteiger partial charge < -0.3 is 10.6 Å². The number of para-hydroxylation sites is 1. The maximum Gasteiger partial charge on any atom is 0.163 e. The number of nitrogens with zero attached hydrogens (tertiary/aromatic N) is 5. The molecule has 140 valence electrons. The van der Waals surface area contributed by atoms with Crippen molar-refractivity contribution >= 4 is 33.9 Å². The summed E-state index contributed by atoms with van der Waals surface area (Å²) >= 11 is 1.63. The Kier molecular flexibility index (Phi) is 4.91. The zero-order valence-electron chi connectivity index (χ0n) is 15.4. The van der Waals surface area contributed by atoms with E-state index < -0.39 is 0 Å². The van der Waals surface area contributed by atoms with E-state index in [1.54, 1.807) is 11.3 Å². The van der Waals surface area contributed by atoms with Gasteiger partial charge in [0.1, 0.15) is 17.5 Å². The molecule has 0 saturated carbocycles. The molecule has 0 unspecified atom stereocenters. The molecule has 0 atom stereocenters. The quantitative estimate of drug-likeness (QED) is 0.522. The highest BCUT2D eigenvalue weighted by molar-refractivity contribution is 7.08. The average molecular weight is 389 g/mol. The van der Waals surface area contributed by atoms with E-state index in [1.165, 1.54) is 0 Å². The minimum atomic E-state index is 0.257. The van der Waals surface area contributed by atoms with Crippen molar-refractivity contribution in [2.75, 3.05) is 24.2 Å². The van der Waals surface area contributed by atoms with Gasteiger partial charge >= 0.3 is 0 Å². The molecule has 0 amide bonds. The summed E-state index contributed by atoms with van der Waals surface area (Å²) < 4.78 is 0. The molecule has 0 fully saturated rings.